The van der Waals surface area contributed by atoms with Crippen LogP contribution in [0.25, 0.3) is 0 Å². The first-order valence-electron chi connectivity index (χ1n) is 13.6. The molecule has 3 rings (SSSR count). The Kier molecular flexibility index (Phi) is 10.4. The van der Waals surface area contributed by atoms with E-state index in [9.17, 15) is 29.4 Å². The highest BCUT2D eigenvalue weighted by Gasteiger charge is 2.59. The number of rotatable bonds is 12. The summed E-state index contributed by atoms with van der Waals surface area (Å²) in [5.41, 5.74) is -0.310. The number of carbonyl (C=O) groups excluding carboxylic acids is 4. The van der Waals surface area contributed by atoms with E-state index < -0.39 is 35.4 Å². The van der Waals surface area contributed by atoms with E-state index >= 15 is 0 Å². The third kappa shape index (κ3) is 8.09. The van der Waals surface area contributed by atoms with Crippen molar-refractivity contribution in [2.24, 2.45) is 5.92 Å². The van der Waals surface area contributed by atoms with Crippen molar-refractivity contribution in [3.05, 3.63) is 83.0 Å². The lowest BCUT2D eigenvalue weighted by Crippen LogP contribution is -2.42. The fraction of sp³-hybridized carbons (Fsp3) is 0.419. The molecule has 214 valence electrons. The van der Waals surface area contributed by atoms with Gasteiger partial charge in [0.15, 0.2) is 11.9 Å². The molecule has 3 aliphatic rings. The summed E-state index contributed by atoms with van der Waals surface area (Å²) in [5.74, 6) is -1.43. The van der Waals surface area contributed by atoms with Gasteiger partial charge in [-0.2, -0.15) is 0 Å². The summed E-state index contributed by atoms with van der Waals surface area (Å²) in [7, 11) is 0. The van der Waals surface area contributed by atoms with Crippen LogP contribution >= 0.6 is 0 Å². The third-order valence-corrected chi connectivity index (χ3v) is 6.81. The Balaban J connectivity index is 1.60. The van der Waals surface area contributed by atoms with Crippen LogP contribution in [0.3, 0.4) is 0 Å². The first-order valence-corrected chi connectivity index (χ1v) is 13.6. The monoisotopic (exact) mass is 550 g/mol. The Morgan fingerprint density at radius 3 is 2.55 bits per heavy atom. The molecular formula is C31H38N2O7. The molecule has 0 unspecified atom stereocenters. The molecule has 2 aliphatic carbocycles. The van der Waals surface area contributed by atoms with E-state index in [0.29, 0.717) is 11.5 Å². The SMILES string of the molecule is CCCC[C@@H](C)/C=C(C)/C=C(\C)C(=O)NC1=C[C@@](O)(/C=C/C=C/C=C/C(=O)NC2=C(O)CCC2=O)[C@H]2O[C@H]2C1=O. The van der Waals surface area contributed by atoms with Crippen LogP contribution in [0.4, 0.5) is 0 Å². The van der Waals surface area contributed by atoms with Crippen molar-refractivity contribution in [3.63, 3.8) is 0 Å². The van der Waals surface area contributed by atoms with Crippen LogP contribution in [0.15, 0.2) is 83.0 Å². The number of aliphatic hydroxyl groups is 2. The summed E-state index contributed by atoms with van der Waals surface area (Å²) in [4.78, 5) is 49.0. The zero-order chi connectivity index (χ0) is 29.4. The molecular weight excluding hydrogens is 512 g/mol. The van der Waals surface area contributed by atoms with Crippen LogP contribution in [0.5, 0.6) is 0 Å². The van der Waals surface area contributed by atoms with Crippen molar-refractivity contribution in [1.82, 2.24) is 10.6 Å². The van der Waals surface area contributed by atoms with Crippen molar-refractivity contribution in [3.8, 4) is 0 Å². The number of fused-ring (bicyclic) bond motifs is 1. The van der Waals surface area contributed by atoms with E-state index in [2.05, 4.69) is 30.6 Å². The molecule has 0 bridgehead atoms. The van der Waals surface area contributed by atoms with E-state index in [0.717, 1.165) is 24.8 Å². The van der Waals surface area contributed by atoms with Gasteiger partial charge in [0.2, 0.25) is 11.7 Å². The van der Waals surface area contributed by atoms with Gasteiger partial charge < -0.3 is 25.6 Å². The van der Waals surface area contributed by atoms with Gasteiger partial charge in [0.25, 0.3) is 5.91 Å². The van der Waals surface area contributed by atoms with Crippen molar-refractivity contribution in [2.45, 2.75) is 77.6 Å². The first kappa shape index (κ1) is 30.7. The minimum absolute atomic E-state index is 0.0267. The standard InChI is InChI=1S/C31H38N2O7/c1-5-6-11-19(2)16-20(3)17-21(4)30(38)32-22-18-31(39,29-28(40-29)27(22)37)15-10-8-7-9-12-25(36)33-26-23(34)13-14-24(26)35/h7-10,12,15-19,28-29,34,39H,5-6,11,13-14H2,1-4H3,(H,32,38)(H,33,36)/b8-7+,12-9+,15-10+,20-16+,21-17+/t19-,28+,29+,31+/m1/s1. The molecule has 0 radical (unpaired) electrons. The van der Waals surface area contributed by atoms with Gasteiger partial charge in [0, 0.05) is 24.5 Å². The number of unbranched alkanes of at least 4 members (excludes halogenated alkanes) is 1. The topological polar surface area (TPSA) is 145 Å². The van der Waals surface area contributed by atoms with E-state index in [1.54, 1.807) is 19.1 Å². The number of amides is 2. The number of hydrogen-bond donors (Lipinski definition) is 4. The molecule has 1 fully saturated rings. The lowest BCUT2D eigenvalue weighted by Gasteiger charge is -2.23. The Bertz CT molecular complexity index is 1260. The van der Waals surface area contributed by atoms with Crippen LogP contribution in [0, 0.1) is 5.92 Å². The average molecular weight is 551 g/mol. The van der Waals surface area contributed by atoms with Gasteiger partial charge in [-0.1, -0.05) is 68.7 Å². The molecule has 9 heteroatoms. The lowest BCUT2D eigenvalue weighted by atomic mass is 9.88. The predicted octanol–water partition coefficient (Wildman–Crippen LogP) is 3.70. The fourth-order valence-corrected chi connectivity index (χ4v) is 4.61. The van der Waals surface area contributed by atoms with Gasteiger partial charge in [-0.15, -0.1) is 0 Å². The molecule has 1 saturated heterocycles. The van der Waals surface area contributed by atoms with Crippen molar-refractivity contribution < 1.29 is 34.1 Å². The molecule has 1 aliphatic heterocycles. The Morgan fingerprint density at radius 2 is 1.88 bits per heavy atom. The van der Waals surface area contributed by atoms with E-state index in [1.165, 1.54) is 36.5 Å². The highest BCUT2D eigenvalue weighted by Crippen LogP contribution is 2.40. The summed E-state index contributed by atoms with van der Waals surface area (Å²) >= 11 is 0. The van der Waals surface area contributed by atoms with Crippen molar-refractivity contribution in [2.75, 3.05) is 0 Å². The minimum Gasteiger partial charge on any atom is -0.510 e. The molecule has 0 aromatic heterocycles. The lowest BCUT2D eigenvalue weighted by molar-refractivity contribution is -0.121. The molecule has 40 heavy (non-hydrogen) atoms. The normalized spacial score (nSPS) is 26.1. The van der Waals surface area contributed by atoms with E-state index in [-0.39, 0.29) is 35.8 Å². The summed E-state index contributed by atoms with van der Waals surface area (Å²) in [6.45, 7) is 7.90. The Hall–Kier alpha value is -3.82. The molecule has 0 aromatic rings. The molecule has 2 amide bonds. The van der Waals surface area contributed by atoms with Crippen LogP contribution in [-0.2, 0) is 23.9 Å². The highest BCUT2D eigenvalue weighted by molar-refractivity contribution is 6.07. The minimum atomic E-state index is -1.61. The van der Waals surface area contributed by atoms with E-state index in [1.807, 2.05) is 6.92 Å². The quantitative estimate of drug-likeness (QED) is 0.165. The second-order valence-electron chi connectivity index (χ2n) is 10.4. The van der Waals surface area contributed by atoms with Crippen LogP contribution < -0.4 is 10.6 Å². The van der Waals surface area contributed by atoms with Crippen LogP contribution in [0.2, 0.25) is 0 Å². The van der Waals surface area contributed by atoms with Gasteiger partial charge in [0.1, 0.15) is 23.2 Å². The average Bonchev–Trinajstić information content (AvgIpc) is 3.66. The zero-order valence-corrected chi connectivity index (χ0v) is 23.4. The number of Topliss-reactive ketones (excluding diaryl/α,β-unsaturated/α-hetero) is 2. The molecule has 0 aromatic carbocycles. The second kappa shape index (κ2) is 13.5. The maximum atomic E-state index is 12.8. The van der Waals surface area contributed by atoms with Gasteiger partial charge in [0.05, 0.1) is 5.70 Å². The summed E-state index contributed by atoms with van der Waals surface area (Å²) in [6, 6.07) is 0. The number of epoxide rings is 1. The van der Waals surface area contributed by atoms with Crippen LogP contribution in [0.1, 0.15) is 59.8 Å². The van der Waals surface area contributed by atoms with Gasteiger partial charge in [-0.05, 0) is 38.3 Å². The molecule has 9 nitrogen and oxygen atoms in total. The summed E-state index contributed by atoms with van der Waals surface area (Å²) in [5, 5.41) is 25.7. The highest BCUT2D eigenvalue weighted by atomic mass is 16.6. The third-order valence-electron chi connectivity index (χ3n) is 6.81. The maximum Gasteiger partial charge on any atom is 0.251 e. The number of nitrogens with one attached hydrogen (secondary N) is 2. The van der Waals surface area contributed by atoms with Gasteiger partial charge in [-0.25, -0.2) is 0 Å². The van der Waals surface area contributed by atoms with E-state index in [4.69, 9.17) is 4.74 Å². The van der Waals surface area contributed by atoms with Crippen molar-refractivity contribution >= 4 is 23.4 Å². The second-order valence-corrected chi connectivity index (χ2v) is 10.4. The predicted molar refractivity (Wildman–Crippen MR) is 151 cm³/mol. The van der Waals surface area contributed by atoms with Gasteiger partial charge >= 0.3 is 0 Å². The molecule has 4 N–H and O–H groups in total. The largest absolute Gasteiger partial charge is 0.510 e. The number of ketones is 2. The molecule has 4 atom stereocenters. The number of ether oxygens (including phenoxy) is 1. The molecule has 0 spiro atoms. The smallest absolute Gasteiger partial charge is 0.251 e. The number of carbonyl (C=O) groups is 4. The number of allylic oxidation sites excluding steroid dienone is 9. The Morgan fingerprint density at radius 1 is 1.15 bits per heavy atom. The molecule has 1 heterocycles. The molecule has 0 saturated carbocycles. The fourth-order valence-electron chi connectivity index (χ4n) is 4.61. The first-order chi connectivity index (χ1) is 18.9. The summed E-state index contributed by atoms with van der Waals surface area (Å²) < 4.78 is 5.39. The number of aliphatic hydroxyl groups excluding tert-OH is 1. The summed E-state index contributed by atoms with van der Waals surface area (Å²) in [6.07, 6.45) is 16.0. The zero-order valence-electron chi connectivity index (χ0n) is 23.4. The van der Waals surface area contributed by atoms with Crippen LogP contribution in [-0.4, -0.2) is 51.4 Å². The number of hydrogen-bond acceptors (Lipinski definition) is 7. The Labute approximate surface area is 234 Å². The maximum absolute atomic E-state index is 12.8. The van der Waals surface area contributed by atoms with Crippen molar-refractivity contribution in [1.29, 1.82) is 0 Å². The van der Waals surface area contributed by atoms with Gasteiger partial charge in [-0.3, -0.25) is 19.2 Å².